The summed E-state index contributed by atoms with van der Waals surface area (Å²) in [6.45, 7) is 0. The molecule has 0 fully saturated rings. The van der Waals surface area contributed by atoms with E-state index in [1.54, 1.807) is 0 Å². The lowest BCUT2D eigenvalue weighted by molar-refractivity contribution is -0.136. The molecule has 0 saturated heterocycles. The van der Waals surface area contributed by atoms with E-state index < -0.39 is 11.9 Å². The standard InChI is InChI=1S/C18H15N5O4S/c24-11-5-4-10(14-15(11)22-16(21-14)12-2-1-7-28-12)17(27)23-18-19-8-9(20-18)3-6-13(25)26/h1-2,4-5,7-8,24H,3,6H2,(H,21,22)(H,25,26)(H2,19,20,23,27). The van der Waals surface area contributed by atoms with E-state index in [0.29, 0.717) is 22.6 Å². The fraction of sp³-hybridized carbons (Fsp3) is 0.111. The fourth-order valence-corrected chi connectivity index (χ4v) is 3.43. The number of aliphatic carboxylic acids is 1. The van der Waals surface area contributed by atoms with Crippen molar-refractivity contribution in [3.05, 3.63) is 47.1 Å². The van der Waals surface area contributed by atoms with Gasteiger partial charge in [-0.05, 0) is 30.0 Å². The summed E-state index contributed by atoms with van der Waals surface area (Å²) in [5, 5.41) is 23.4. The number of nitrogens with zero attached hydrogens (tertiary/aromatic N) is 2. The lowest BCUT2D eigenvalue weighted by atomic mass is 10.1. The molecule has 3 aromatic heterocycles. The second-order valence-electron chi connectivity index (χ2n) is 6.02. The fourth-order valence-electron chi connectivity index (χ4n) is 2.76. The molecule has 142 valence electrons. The number of thiophene rings is 1. The summed E-state index contributed by atoms with van der Waals surface area (Å²) in [5.74, 6) is -0.592. The molecule has 0 aliphatic rings. The Bertz CT molecular complexity index is 1160. The highest BCUT2D eigenvalue weighted by molar-refractivity contribution is 7.13. The molecule has 0 radical (unpaired) electrons. The van der Waals surface area contributed by atoms with Gasteiger partial charge in [0.1, 0.15) is 22.6 Å². The predicted molar refractivity (Wildman–Crippen MR) is 104 cm³/mol. The van der Waals surface area contributed by atoms with E-state index in [0.717, 1.165) is 4.88 Å². The topological polar surface area (TPSA) is 144 Å². The zero-order valence-corrected chi connectivity index (χ0v) is 15.2. The van der Waals surface area contributed by atoms with Crippen molar-refractivity contribution in [3.8, 4) is 16.5 Å². The van der Waals surface area contributed by atoms with Gasteiger partial charge in [0.2, 0.25) is 5.95 Å². The number of rotatable bonds is 6. The molecule has 0 aliphatic heterocycles. The number of fused-ring (bicyclic) bond motifs is 1. The minimum Gasteiger partial charge on any atom is -0.506 e. The minimum absolute atomic E-state index is 0.00388. The summed E-state index contributed by atoms with van der Waals surface area (Å²) in [5.41, 5.74) is 1.60. The Labute approximate surface area is 162 Å². The molecule has 9 nitrogen and oxygen atoms in total. The van der Waals surface area contributed by atoms with Gasteiger partial charge in [0.05, 0.1) is 23.1 Å². The van der Waals surface area contributed by atoms with Gasteiger partial charge in [-0.2, -0.15) is 0 Å². The third-order valence-electron chi connectivity index (χ3n) is 4.09. The van der Waals surface area contributed by atoms with Crippen molar-refractivity contribution in [2.75, 3.05) is 5.32 Å². The number of nitrogens with one attached hydrogen (secondary N) is 3. The SMILES string of the molecule is O=C(O)CCc1cnc(NC(=O)c2ccc(O)c3[nH]c(-c4cccs4)nc23)[nH]1. The largest absolute Gasteiger partial charge is 0.506 e. The van der Waals surface area contributed by atoms with Crippen molar-refractivity contribution in [2.45, 2.75) is 12.8 Å². The number of aromatic amines is 2. The number of aryl methyl sites for hydroxylation is 1. The van der Waals surface area contributed by atoms with E-state index in [9.17, 15) is 14.7 Å². The monoisotopic (exact) mass is 397 g/mol. The Morgan fingerprint density at radius 1 is 1.21 bits per heavy atom. The summed E-state index contributed by atoms with van der Waals surface area (Å²) in [6.07, 6.45) is 1.73. The van der Waals surface area contributed by atoms with Gasteiger partial charge >= 0.3 is 5.97 Å². The lowest BCUT2D eigenvalue weighted by Crippen LogP contribution is -2.13. The first-order valence-electron chi connectivity index (χ1n) is 8.34. The highest BCUT2D eigenvalue weighted by atomic mass is 32.1. The molecule has 3 heterocycles. The predicted octanol–water partition coefficient (Wildman–Crippen LogP) is 2.99. The van der Waals surface area contributed by atoms with Gasteiger partial charge in [-0.25, -0.2) is 9.97 Å². The summed E-state index contributed by atoms with van der Waals surface area (Å²) in [7, 11) is 0. The van der Waals surface area contributed by atoms with Crippen LogP contribution in [-0.4, -0.2) is 42.0 Å². The average Bonchev–Trinajstić information content (AvgIpc) is 3.40. The summed E-state index contributed by atoms with van der Waals surface area (Å²) >= 11 is 1.49. The van der Waals surface area contributed by atoms with E-state index in [1.807, 2.05) is 17.5 Å². The van der Waals surface area contributed by atoms with Crippen LogP contribution in [0.1, 0.15) is 22.5 Å². The first kappa shape index (κ1) is 17.7. The van der Waals surface area contributed by atoms with E-state index in [4.69, 9.17) is 5.11 Å². The lowest BCUT2D eigenvalue weighted by Gasteiger charge is -2.04. The molecule has 5 N–H and O–H groups in total. The number of aromatic hydroxyl groups is 1. The Morgan fingerprint density at radius 2 is 2.07 bits per heavy atom. The Morgan fingerprint density at radius 3 is 2.82 bits per heavy atom. The molecule has 10 heteroatoms. The molecule has 0 bridgehead atoms. The van der Waals surface area contributed by atoms with Crippen molar-refractivity contribution >= 4 is 40.2 Å². The van der Waals surface area contributed by atoms with Crippen molar-refractivity contribution in [2.24, 2.45) is 0 Å². The van der Waals surface area contributed by atoms with Crippen LogP contribution in [0.5, 0.6) is 5.75 Å². The number of anilines is 1. The Balaban J connectivity index is 1.61. The highest BCUT2D eigenvalue weighted by Crippen LogP contribution is 2.31. The van der Waals surface area contributed by atoms with Gasteiger partial charge < -0.3 is 20.2 Å². The number of carboxylic acids is 1. The number of carbonyl (C=O) groups is 2. The molecule has 1 amide bonds. The van der Waals surface area contributed by atoms with Crippen LogP contribution in [0.25, 0.3) is 21.7 Å². The van der Waals surface area contributed by atoms with Crippen LogP contribution in [-0.2, 0) is 11.2 Å². The number of aromatic nitrogens is 4. The number of carbonyl (C=O) groups excluding carboxylic acids is 1. The van der Waals surface area contributed by atoms with Crippen LogP contribution < -0.4 is 5.32 Å². The maximum Gasteiger partial charge on any atom is 0.303 e. The molecular weight excluding hydrogens is 382 g/mol. The third kappa shape index (κ3) is 3.45. The number of phenolic OH excluding ortho intramolecular Hbond substituents is 1. The van der Waals surface area contributed by atoms with E-state index >= 15 is 0 Å². The minimum atomic E-state index is -0.910. The number of phenols is 1. The molecule has 1 aromatic carbocycles. The van der Waals surface area contributed by atoms with Crippen LogP contribution in [0.2, 0.25) is 0 Å². The van der Waals surface area contributed by atoms with Crippen molar-refractivity contribution in [1.29, 1.82) is 0 Å². The van der Waals surface area contributed by atoms with Crippen LogP contribution in [0.4, 0.5) is 5.95 Å². The quantitative estimate of drug-likeness (QED) is 0.338. The van der Waals surface area contributed by atoms with Crippen molar-refractivity contribution < 1.29 is 19.8 Å². The van der Waals surface area contributed by atoms with Gasteiger partial charge in [-0.1, -0.05) is 6.07 Å². The number of hydrogen-bond donors (Lipinski definition) is 5. The van der Waals surface area contributed by atoms with Gasteiger partial charge in [-0.15, -0.1) is 11.3 Å². The molecule has 28 heavy (non-hydrogen) atoms. The van der Waals surface area contributed by atoms with Crippen LogP contribution in [0, 0.1) is 0 Å². The molecular formula is C18H15N5O4S. The smallest absolute Gasteiger partial charge is 0.303 e. The van der Waals surface area contributed by atoms with E-state index in [2.05, 4.69) is 25.3 Å². The molecule has 0 saturated carbocycles. The number of H-pyrrole nitrogens is 2. The Kier molecular flexibility index (Phi) is 4.53. The van der Waals surface area contributed by atoms with E-state index in [1.165, 1.54) is 29.7 Å². The number of carboxylic acid groups (broad SMARTS) is 1. The molecule has 4 aromatic rings. The average molecular weight is 397 g/mol. The normalized spacial score (nSPS) is 11.0. The molecule has 0 aliphatic carbocycles. The van der Waals surface area contributed by atoms with E-state index in [-0.39, 0.29) is 30.1 Å². The number of benzene rings is 1. The third-order valence-corrected chi connectivity index (χ3v) is 4.97. The second kappa shape index (κ2) is 7.16. The molecule has 0 unspecified atom stereocenters. The second-order valence-corrected chi connectivity index (χ2v) is 6.97. The number of imidazole rings is 2. The first-order chi connectivity index (χ1) is 13.5. The Hall–Kier alpha value is -3.66. The van der Waals surface area contributed by atoms with Crippen LogP contribution in [0.15, 0.2) is 35.8 Å². The molecule has 4 rings (SSSR count). The number of amides is 1. The maximum absolute atomic E-state index is 12.7. The van der Waals surface area contributed by atoms with Gasteiger partial charge in [0, 0.05) is 5.69 Å². The molecule has 0 spiro atoms. The van der Waals surface area contributed by atoms with Gasteiger partial charge in [0.15, 0.2) is 0 Å². The van der Waals surface area contributed by atoms with Crippen LogP contribution >= 0.6 is 11.3 Å². The molecule has 0 atom stereocenters. The summed E-state index contributed by atoms with van der Waals surface area (Å²) in [6, 6.07) is 6.69. The van der Waals surface area contributed by atoms with Crippen molar-refractivity contribution in [1.82, 2.24) is 19.9 Å². The van der Waals surface area contributed by atoms with Crippen molar-refractivity contribution in [3.63, 3.8) is 0 Å². The van der Waals surface area contributed by atoms with Gasteiger partial charge in [0.25, 0.3) is 5.91 Å². The van der Waals surface area contributed by atoms with Crippen LogP contribution in [0.3, 0.4) is 0 Å². The highest BCUT2D eigenvalue weighted by Gasteiger charge is 2.18. The van der Waals surface area contributed by atoms with Gasteiger partial charge in [-0.3, -0.25) is 14.9 Å². The number of hydrogen-bond acceptors (Lipinski definition) is 6. The maximum atomic E-state index is 12.7. The zero-order valence-electron chi connectivity index (χ0n) is 14.4. The first-order valence-corrected chi connectivity index (χ1v) is 9.22. The summed E-state index contributed by atoms with van der Waals surface area (Å²) < 4.78 is 0. The summed E-state index contributed by atoms with van der Waals surface area (Å²) in [4.78, 5) is 38.7. The zero-order chi connectivity index (χ0) is 19.7.